The number of rotatable bonds is 3. The smallest absolute Gasteiger partial charge is 0.269 e. The maximum absolute atomic E-state index is 12.0. The zero-order valence-electron chi connectivity index (χ0n) is 12.0. The third kappa shape index (κ3) is 2.73. The molecule has 0 amide bonds. The van der Waals surface area contributed by atoms with Crippen molar-refractivity contribution in [3.63, 3.8) is 0 Å². The van der Waals surface area contributed by atoms with Crippen molar-refractivity contribution in [3.8, 4) is 6.07 Å². The number of hydrogen-bond donors (Lipinski definition) is 1. The van der Waals surface area contributed by atoms with E-state index in [4.69, 9.17) is 12.2 Å². The van der Waals surface area contributed by atoms with E-state index >= 15 is 0 Å². The van der Waals surface area contributed by atoms with Gasteiger partial charge in [0.05, 0.1) is 16.0 Å². The maximum Gasteiger partial charge on any atom is 0.269 e. The number of allylic oxidation sites excluding steroid dienone is 2. The largest absolute Gasteiger partial charge is 0.352 e. The summed E-state index contributed by atoms with van der Waals surface area (Å²) in [5.41, 5.74) is 1.47. The molecule has 1 heterocycles. The minimum Gasteiger partial charge on any atom is -0.352 e. The molecule has 7 heteroatoms. The average molecular weight is 315 g/mol. The zero-order chi connectivity index (χ0) is 16.4. The molecule has 0 bridgehead atoms. The van der Waals surface area contributed by atoms with Crippen LogP contribution >= 0.6 is 12.2 Å². The van der Waals surface area contributed by atoms with Crippen molar-refractivity contribution in [1.29, 1.82) is 5.26 Å². The molecule has 2 unspecified atom stereocenters. The second kappa shape index (κ2) is 6.03. The summed E-state index contributed by atoms with van der Waals surface area (Å²) in [7, 11) is 0. The van der Waals surface area contributed by atoms with Crippen molar-refractivity contribution in [2.75, 3.05) is 0 Å². The number of nitrogens with zero attached hydrogens (tertiary/aromatic N) is 2. The number of carbonyl (C=O) groups is 1. The van der Waals surface area contributed by atoms with Crippen LogP contribution in [0.3, 0.4) is 0 Å². The molecule has 2 rings (SSSR count). The van der Waals surface area contributed by atoms with Gasteiger partial charge < -0.3 is 5.32 Å². The van der Waals surface area contributed by atoms with Crippen molar-refractivity contribution in [2.45, 2.75) is 19.8 Å². The standard InChI is InChI=1S/C15H13N3O3S/c1-8-13(9(2)19)14(12(7-16)15(22)17-8)10-4-3-5-11(6-10)18(20)21/h3-6,12,14H,1-2H3,(H,17,22). The topological polar surface area (TPSA) is 96.0 Å². The molecule has 1 aliphatic heterocycles. The average Bonchev–Trinajstić information content (AvgIpc) is 2.46. The second-order valence-electron chi connectivity index (χ2n) is 5.02. The fourth-order valence-electron chi connectivity index (χ4n) is 2.69. The Morgan fingerprint density at radius 3 is 2.73 bits per heavy atom. The van der Waals surface area contributed by atoms with E-state index in [2.05, 4.69) is 11.4 Å². The van der Waals surface area contributed by atoms with Gasteiger partial charge in [0.15, 0.2) is 5.78 Å². The number of nitro groups is 1. The maximum atomic E-state index is 12.0. The molecule has 112 valence electrons. The molecule has 1 N–H and O–H groups in total. The van der Waals surface area contributed by atoms with Crippen LogP contribution in [0.25, 0.3) is 0 Å². The van der Waals surface area contributed by atoms with Crippen molar-refractivity contribution >= 4 is 28.7 Å². The van der Waals surface area contributed by atoms with Gasteiger partial charge in [0.2, 0.25) is 0 Å². The number of nitrogens with one attached hydrogen (secondary N) is 1. The van der Waals surface area contributed by atoms with Crippen LogP contribution in [0.2, 0.25) is 0 Å². The summed E-state index contributed by atoms with van der Waals surface area (Å²) < 4.78 is 0. The molecular formula is C15H13N3O3S. The molecule has 1 aromatic rings. The normalized spacial score (nSPS) is 21.0. The summed E-state index contributed by atoms with van der Waals surface area (Å²) in [5.74, 6) is -1.53. The molecule has 1 aliphatic rings. The van der Waals surface area contributed by atoms with E-state index in [1.165, 1.54) is 19.1 Å². The molecule has 0 fully saturated rings. The number of Topliss-reactive ketones (excluding diaryl/α,β-unsaturated/α-hetero) is 1. The number of benzene rings is 1. The lowest BCUT2D eigenvalue weighted by molar-refractivity contribution is -0.384. The molecule has 0 aromatic heterocycles. The highest BCUT2D eigenvalue weighted by atomic mass is 32.1. The fraction of sp³-hybridized carbons (Fsp3) is 0.267. The fourth-order valence-corrected chi connectivity index (χ4v) is 3.03. The van der Waals surface area contributed by atoms with E-state index in [-0.39, 0.29) is 11.5 Å². The van der Waals surface area contributed by atoms with E-state index in [0.717, 1.165) is 0 Å². The van der Waals surface area contributed by atoms with Gasteiger partial charge in [-0.15, -0.1) is 0 Å². The first-order valence-electron chi connectivity index (χ1n) is 6.53. The van der Waals surface area contributed by atoms with Crippen molar-refractivity contribution in [2.24, 2.45) is 5.92 Å². The van der Waals surface area contributed by atoms with Gasteiger partial charge >= 0.3 is 0 Å². The van der Waals surface area contributed by atoms with E-state index in [9.17, 15) is 20.2 Å². The Kier molecular flexibility index (Phi) is 4.33. The minimum atomic E-state index is -0.736. The summed E-state index contributed by atoms with van der Waals surface area (Å²) in [6.07, 6.45) is 0. The molecule has 0 spiro atoms. The lowest BCUT2D eigenvalue weighted by Gasteiger charge is -2.31. The van der Waals surface area contributed by atoms with Gasteiger partial charge in [0.1, 0.15) is 5.92 Å². The molecule has 0 radical (unpaired) electrons. The van der Waals surface area contributed by atoms with Crippen LogP contribution in [0.15, 0.2) is 35.5 Å². The molecular weight excluding hydrogens is 302 g/mol. The van der Waals surface area contributed by atoms with Gasteiger partial charge in [-0.05, 0) is 19.4 Å². The van der Waals surface area contributed by atoms with E-state index in [0.29, 0.717) is 21.8 Å². The summed E-state index contributed by atoms with van der Waals surface area (Å²) >= 11 is 5.19. The molecule has 0 saturated carbocycles. The Labute approximate surface area is 132 Å². The van der Waals surface area contributed by atoms with Crippen LogP contribution in [0.4, 0.5) is 5.69 Å². The van der Waals surface area contributed by atoms with E-state index in [1.54, 1.807) is 19.1 Å². The third-order valence-corrected chi connectivity index (χ3v) is 3.96. The Morgan fingerprint density at radius 2 is 2.18 bits per heavy atom. The molecule has 22 heavy (non-hydrogen) atoms. The molecule has 0 aliphatic carbocycles. The van der Waals surface area contributed by atoms with Gasteiger partial charge in [-0.3, -0.25) is 14.9 Å². The summed E-state index contributed by atoms with van der Waals surface area (Å²) in [6, 6.07) is 8.07. The lowest BCUT2D eigenvalue weighted by atomic mass is 9.76. The first-order chi connectivity index (χ1) is 10.4. The van der Waals surface area contributed by atoms with Crippen LogP contribution in [0.1, 0.15) is 25.3 Å². The number of non-ortho nitro benzene ring substituents is 1. The van der Waals surface area contributed by atoms with Crippen molar-refractivity contribution < 1.29 is 9.72 Å². The third-order valence-electron chi connectivity index (χ3n) is 3.60. The van der Waals surface area contributed by atoms with Gasteiger partial charge in [0.25, 0.3) is 5.69 Å². The highest BCUT2D eigenvalue weighted by Crippen LogP contribution is 2.38. The molecule has 6 nitrogen and oxygen atoms in total. The molecule has 0 saturated heterocycles. The van der Waals surface area contributed by atoms with Crippen LogP contribution in [-0.4, -0.2) is 15.7 Å². The molecule has 2 atom stereocenters. The van der Waals surface area contributed by atoms with E-state index < -0.39 is 16.8 Å². The highest BCUT2D eigenvalue weighted by molar-refractivity contribution is 7.80. The SMILES string of the molecule is CC(=O)C1=C(C)NC(=S)C(C#N)C1c1cccc([N+](=O)[O-])c1. The number of nitriles is 1. The van der Waals surface area contributed by atoms with Crippen LogP contribution in [0.5, 0.6) is 0 Å². The van der Waals surface area contributed by atoms with Crippen molar-refractivity contribution in [1.82, 2.24) is 5.32 Å². The summed E-state index contributed by atoms with van der Waals surface area (Å²) in [6.45, 7) is 3.12. The van der Waals surface area contributed by atoms with Crippen LogP contribution < -0.4 is 5.32 Å². The van der Waals surface area contributed by atoms with E-state index in [1.807, 2.05) is 0 Å². The van der Waals surface area contributed by atoms with Gasteiger partial charge in [-0.2, -0.15) is 5.26 Å². The zero-order valence-corrected chi connectivity index (χ0v) is 12.8. The first kappa shape index (κ1) is 15.8. The van der Waals surface area contributed by atoms with Crippen molar-refractivity contribution in [3.05, 3.63) is 51.2 Å². The highest BCUT2D eigenvalue weighted by Gasteiger charge is 2.37. The quantitative estimate of drug-likeness (QED) is 0.523. The van der Waals surface area contributed by atoms with Gasteiger partial charge in [-0.25, -0.2) is 0 Å². The molecule has 1 aromatic carbocycles. The number of ketones is 1. The lowest BCUT2D eigenvalue weighted by Crippen LogP contribution is -2.39. The van der Waals surface area contributed by atoms with Gasteiger partial charge in [-0.1, -0.05) is 24.4 Å². The van der Waals surface area contributed by atoms with Crippen LogP contribution in [0, 0.1) is 27.4 Å². The van der Waals surface area contributed by atoms with Gasteiger partial charge in [0, 0.05) is 29.3 Å². The Balaban J connectivity index is 2.66. The summed E-state index contributed by atoms with van der Waals surface area (Å²) in [4.78, 5) is 22.8. The number of hydrogen-bond acceptors (Lipinski definition) is 5. The first-order valence-corrected chi connectivity index (χ1v) is 6.94. The minimum absolute atomic E-state index is 0.0841. The van der Waals surface area contributed by atoms with Crippen LogP contribution in [-0.2, 0) is 4.79 Å². The second-order valence-corrected chi connectivity index (χ2v) is 5.46. The Bertz CT molecular complexity index is 749. The predicted molar refractivity (Wildman–Crippen MR) is 84.1 cm³/mol. The Morgan fingerprint density at radius 1 is 1.50 bits per heavy atom. The number of carbonyl (C=O) groups excluding carboxylic acids is 1. The Hall–Kier alpha value is -2.59. The number of thiocarbonyl (C=S) groups is 1. The predicted octanol–water partition coefficient (Wildman–Crippen LogP) is 2.61. The summed E-state index contributed by atoms with van der Waals surface area (Å²) in [5, 5.41) is 23.2. The number of nitro benzene ring substituents is 1. The monoisotopic (exact) mass is 315 g/mol.